The number of methoxy groups -OCH3 is 1. The predicted molar refractivity (Wildman–Crippen MR) is 105 cm³/mol. The fourth-order valence-electron chi connectivity index (χ4n) is 2.81. The van der Waals surface area contributed by atoms with Crippen LogP contribution in [0.1, 0.15) is 34.8 Å². The van der Waals surface area contributed by atoms with Gasteiger partial charge < -0.3 is 18.6 Å². The molecule has 0 aliphatic carbocycles. The van der Waals surface area contributed by atoms with Crippen LogP contribution >= 0.6 is 0 Å². The van der Waals surface area contributed by atoms with Gasteiger partial charge in [0.15, 0.2) is 11.5 Å². The van der Waals surface area contributed by atoms with Crippen molar-refractivity contribution in [2.24, 2.45) is 0 Å². The van der Waals surface area contributed by atoms with Gasteiger partial charge in [0.25, 0.3) is 0 Å². The Bertz CT molecular complexity index is 1050. The first-order chi connectivity index (χ1) is 13.5. The van der Waals surface area contributed by atoms with E-state index in [2.05, 4.69) is 0 Å². The van der Waals surface area contributed by atoms with E-state index < -0.39 is 11.6 Å². The third kappa shape index (κ3) is 4.34. The minimum atomic E-state index is -0.520. The van der Waals surface area contributed by atoms with Gasteiger partial charge >= 0.3 is 11.6 Å². The van der Waals surface area contributed by atoms with Crippen LogP contribution in [0.4, 0.5) is 0 Å². The highest BCUT2D eigenvalue weighted by molar-refractivity contribution is 5.90. The number of esters is 1. The molecule has 0 radical (unpaired) electrons. The van der Waals surface area contributed by atoms with Gasteiger partial charge in [-0.05, 0) is 43.2 Å². The zero-order valence-corrected chi connectivity index (χ0v) is 16.1. The fraction of sp³-hybridized carbons (Fsp3) is 0.273. The molecular formula is C22H22O6. The van der Waals surface area contributed by atoms with Crippen LogP contribution in [0, 0.1) is 6.92 Å². The quantitative estimate of drug-likeness (QED) is 0.449. The van der Waals surface area contributed by atoms with Crippen molar-refractivity contribution in [3.63, 3.8) is 0 Å². The van der Waals surface area contributed by atoms with Gasteiger partial charge in [0.2, 0.25) is 0 Å². The summed E-state index contributed by atoms with van der Waals surface area (Å²) in [4.78, 5) is 24.3. The largest absolute Gasteiger partial charge is 0.493 e. The van der Waals surface area contributed by atoms with Crippen LogP contribution in [0.15, 0.2) is 51.7 Å². The van der Waals surface area contributed by atoms with Crippen molar-refractivity contribution in [2.75, 3.05) is 13.7 Å². The Morgan fingerprint density at radius 3 is 2.64 bits per heavy atom. The Balaban J connectivity index is 1.79. The number of aryl methyl sites for hydroxylation is 1. The molecule has 0 amide bonds. The van der Waals surface area contributed by atoms with Crippen LogP contribution in [0.2, 0.25) is 0 Å². The Morgan fingerprint density at radius 2 is 1.89 bits per heavy atom. The van der Waals surface area contributed by atoms with Crippen molar-refractivity contribution in [1.82, 2.24) is 0 Å². The van der Waals surface area contributed by atoms with Crippen LogP contribution < -0.4 is 15.1 Å². The highest BCUT2D eigenvalue weighted by Crippen LogP contribution is 2.28. The maximum Gasteiger partial charge on any atom is 0.338 e. The molecule has 0 saturated heterocycles. The van der Waals surface area contributed by atoms with E-state index in [9.17, 15) is 9.59 Å². The lowest BCUT2D eigenvalue weighted by molar-refractivity contribution is 0.0473. The summed E-state index contributed by atoms with van der Waals surface area (Å²) in [6, 6.07) is 11.8. The number of ether oxygens (including phenoxy) is 3. The van der Waals surface area contributed by atoms with Crippen LogP contribution in [0.5, 0.6) is 11.5 Å². The topological polar surface area (TPSA) is 75.0 Å². The molecule has 1 heterocycles. The van der Waals surface area contributed by atoms with Crippen LogP contribution in [-0.4, -0.2) is 19.7 Å². The Hall–Kier alpha value is -3.28. The predicted octanol–water partition coefficient (Wildman–Crippen LogP) is 4.26. The lowest BCUT2D eigenvalue weighted by Gasteiger charge is -2.12. The summed E-state index contributed by atoms with van der Waals surface area (Å²) in [5.74, 6) is 0.515. The van der Waals surface area contributed by atoms with Gasteiger partial charge in [0, 0.05) is 17.0 Å². The third-order valence-corrected chi connectivity index (χ3v) is 4.21. The zero-order chi connectivity index (χ0) is 20.1. The minimum Gasteiger partial charge on any atom is -0.493 e. The van der Waals surface area contributed by atoms with Crippen molar-refractivity contribution in [3.05, 3.63) is 69.6 Å². The molecule has 0 unspecified atom stereocenters. The van der Waals surface area contributed by atoms with Gasteiger partial charge in [-0.25, -0.2) is 9.59 Å². The molecule has 0 spiro atoms. The summed E-state index contributed by atoms with van der Waals surface area (Å²) >= 11 is 0. The van der Waals surface area contributed by atoms with Gasteiger partial charge in [-0.3, -0.25) is 0 Å². The molecule has 146 valence electrons. The molecular weight excluding hydrogens is 360 g/mol. The van der Waals surface area contributed by atoms with Crippen molar-refractivity contribution in [1.29, 1.82) is 0 Å². The highest BCUT2D eigenvalue weighted by Gasteiger charge is 2.14. The lowest BCUT2D eigenvalue weighted by Crippen LogP contribution is -2.08. The number of rotatable bonds is 7. The SMILES string of the molecule is CCCOc1ccc(C(=O)OCc2cc(=O)oc3cc(C)ccc23)cc1OC. The molecule has 6 heteroatoms. The van der Waals surface area contributed by atoms with E-state index in [1.807, 2.05) is 26.0 Å². The molecule has 0 atom stereocenters. The van der Waals surface area contributed by atoms with Crippen molar-refractivity contribution in [2.45, 2.75) is 26.9 Å². The molecule has 3 rings (SSSR count). The molecule has 0 aliphatic rings. The molecule has 0 aliphatic heterocycles. The maximum atomic E-state index is 12.5. The van der Waals surface area contributed by atoms with Crippen LogP contribution in [0.25, 0.3) is 11.0 Å². The molecule has 3 aromatic rings. The summed E-state index contributed by atoms with van der Waals surface area (Å²) in [6.45, 7) is 4.44. The normalized spacial score (nSPS) is 10.7. The van der Waals surface area contributed by atoms with E-state index >= 15 is 0 Å². The van der Waals surface area contributed by atoms with Gasteiger partial charge in [0.05, 0.1) is 19.3 Å². The first-order valence-electron chi connectivity index (χ1n) is 9.03. The number of carbonyl (C=O) groups is 1. The van der Waals surface area contributed by atoms with E-state index in [0.717, 1.165) is 17.4 Å². The first kappa shape index (κ1) is 19.5. The van der Waals surface area contributed by atoms with Gasteiger partial charge in [-0.1, -0.05) is 19.1 Å². The second kappa shape index (κ2) is 8.61. The van der Waals surface area contributed by atoms with E-state index in [1.54, 1.807) is 24.3 Å². The highest BCUT2D eigenvalue weighted by atomic mass is 16.5. The molecule has 0 saturated carbocycles. The Morgan fingerprint density at radius 1 is 1.07 bits per heavy atom. The number of hydrogen-bond acceptors (Lipinski definition) is 6. The molecule has 1 aromatic heterocycles. The molecule has 0 fully saturated rings. The van der Waals surface area contributed by atoms with Gasteiger partial charge in [0.1, 0.15) is 12.2 Å². The van der Waals surface area contributed by atoms with E-state index in [4.69, 9.17) is 18.6 Å². The van der Waals surface area contributed by atoms with Crippen LogP contribution in [-0.2, 0) is 11.3 Å². The van der Waals surface area contributed by atoms with E-state index in [-0.39, 0.29) is 6.61 Å². The summed E-state index contributed by atoms with van der Waals surface area (Å²) < 4.78 is 21.5. The molecule has 2 aromatic carbocycles. The molecule has 0 N–H and O–H groups in total. The summed E-state index contributed by atoms with van der Waals surface area (Å²) in [5, 5.41) is 0.735. The smallest absolute Gasteiger partial charge is 0.338 e. The monoisotopic (exact) mass is 382 g/mol. The van der Waals surface area contributed by atoms with Gasteiger partial charge in [-0.2, -0.15) is 0 Å². The van der Waals surface area contributed by atoms with Crippen molar-refractivity contribution < 1.29 is 23.4 Å². The summed E-state index contributed by atoms with van der Waals surface area (Å²) in [5.41, 5.74) is 1.89. The third-order valence-electron chi connectivity index (χ3n) is 4.21. The zero-order valence-electron chi connectivity index (χ0n) is 16.1. The Kier molecular flexibility index (Phi) is 5.99. The first-order valence-corrected chi connectivity index (χ1v) is 9.03. The average Bonchev–Trinajstić information content (AvgIpc) is 2.69. The number of benzene rings is 2. The second-order valence-electron chi connectivity index (χ2n) is 6.38. The summed E-state index contributed by atoms with van der Waals surface area (Å²) in [6.07, 6.45) is 0.867. The average molecular weight is 382 g/mol. The van der Waals surface area contributed by atoms with E-state index in [0.29, 0.717) is 34.8 Å². The number of carbonyl (C=O) groups excluding carboxylic acids is 1. The van der Waals surface area contributed by atoms with Gasteiger partial charge in [-0.15, -0.1) is 0 Å². The molecule has 0 bridgehead atoms. The summed E-state index contributed by atoms with van der Waals surface area (Å²) in [7, 11) is 1.51. The minimum absolute atomic E-state index is 0.0413. The number of hydrogen-bond donors (Lipinski definition) is 0. The van der Waals surface area contributed by atoms with E-state index in [1.165, 1.54) is 13.2 Å². The van der Waals surface area contributed by atoms with Crippen molar-refractivity contribution >= 4 is 16.9 Å². The van der Waals surface area contributed by atoms with Crippen molar-refractivity contribution in [3.8, 4) is 11.5 Å². The molecule has 6 nitrogen and oxygen atoms in total. The maximum absolute atomic E-state index is 12.5. The Labute approximate surface area is 162 Å². The molecule has 28 heavy (non-hydrogen) atoms. The fourth-order valence-corrected chi connectivity index (χ4v) is 2.81. The lowest BCUT2D eigenvalue weighted by atomic mass is 10.1. The number of fused-ring (bicyclic) bond motifs is 1. The van der Waals surface area contributed by atoms with Crippen LogP contribution in [0.3, 0.4) is 0 Å². The standard InChI is InChI=1S/C22H22O6/c1-4-9-26-18-8-6-15(11-20(18)25-3)22(24)27-13-16-12-21(23)28-19-10-14(2)5-7-17(16)19/h5-8,10-12H,4,9,13H2,1-3H3. The second-order valence-corrected chi connectivity index (χ2v) is 6.38.